The Bertz CT molecular complexity index is 396. The fourth-order valence-electron chi connectivity index (χ4n) is 1.71. The first-order valence-electron chi connectivity index (χ1n) is 4.96. The van der Waals surface area contributed by atoms with E-state index in [0.29, 0.717) is 5.75 Å². The minimum absolute atomic E-state index is 0.00807. The predicted octanol–water partition coefficient (Wildman–Crippen LogP) is 2.15. The summed E-state index contributed by atoms with van der Waals surface area (Å²) < 4.78 is 5.14. The van der Waals surface area contributed by atoms with Crippen molar-refractivity contribution >= 4 is 5.97 Å². The highest BCUT2D eigenvalue weighted by Crippen LogP contribution is 2.36. The van der Waals surface area contributed by atoms with Crippen LogP contribution < -0.4 is 4.74 Å². The molecule has 0 aliphatic rings. The molecule has 0 bridgehead atoms. The number of aromatic hydroxyl groups is 1. The molecule has 0 amide bonds. The average molecular weight is 224 g/mol. The fourth-order valence-corrected chi connectivity index (χ4v) is 1.71. The Morgan fingerprint density at radius 2 is 2.06 bits per heavy atom. The number of carboxylic acid groups (broad SMARTS) is 1. The molecule has 1 rings (SSSR count). The maximum atomic E-state index is 10.8. The number of benzene rings is 1. The summed E-state index contributed by atoms with van der Waals surface area (Å²) in [4.78, 5) is 10.8. The Morgan fingerprint density at radius 3 is 2.56 bits per heavy atom. The number of carbonyl (C=O) groups is 1. The van der Waals surface area contributed by atoms with Gasteiger partial charge in [0.2, 0.25) is 0 Å². The van der Waals surface area contributed by atoms with Crippen molar-refractivity contribution in [2.24, 2.45) is 0 Å². The second-order valence-corrected chi connectivity index (χ2v) is 4.34. The molecule has 4 nitrogen and oxygen atoms in total. The normalized spacial score (nSPS) is 11.2. The third-order valence-electron chi connectivity index (χ3n) is 2.51. The summed E-state index contributed by atoms with van der Waals surface area (Å²) in [6, 6.07) is 4.71. The van der Waals surface area contributed by atoms with E-state index in [2.05, 4.69) is 0 Å². The van der Waals surface area contributed by atoms with Gasteiger partial charge in [0.25, 0.3) is 0 Å². The van der Waals surface area contributed by atoms with E-state index >= 15 is 0 Å². The van der Waals surface area contributed by atoms with Gasteiger partial charge in [-0.15, -0.1) is 0 Å². The van der Waals surface area contributed by atoms with Gasteiger partial charge in [-0.05, 0) is 6.07 Å². The summed E-state index contributed by atoms with van der Waals surface area (Å²) in [7, 11) is 1.50. The maximum absolute atomic E-state index is 10.8. The quantitative estimate of drug-likeness (QED) is 0.822. The van der Waals surface area contributed by atoms with Crippen LogP contribution in [0.5, 0.6) is 11.5 Å². The molecule has 0 aromatic heterocycles. The van der Waals surface area contributed by atoms with E-state index in [1.807, 2.05) is 13.8 Å². The number of rotatable bonds is 4. The minimum Gasteiger partial charge on any atom is -0.508 e. The zero-order valence-corrected chi connectivity index (χ0v) is 9.65. The van der Waals surface area contributed by atoms with E-state index in [4.69, 9.17) is 9.84 Å². The Labute approximate surface area is 94.5 Å². The highest BCUT2D eigenvalue weighted by Gasteiger charge is 2.27. The Kier molecular flexibility index (Phi) is 3.42. The standard InChI is InChI=1S/C12H16O4/c1-12(2,7-11(14)15)9-5-4-8(13)6-10(9)16-3/h4-6,13H,7H2,1-3H3,(H,14,15). The monoisotopic (exact) mass is 224 g/mol. The first kappa shape index (κ1) is 12.4. The van der Waals surface area contributed by atoms with Gasteiger partial charge in [0.1, 0.15) is 11.5 Å². The van der Waals surface area contributed by atoms with E-state index < -0.39 is 11.4 Å². The number of carboxylic acids is 1. The van der Waals surface area contributed by atoms with E-state index in [0.717, 1.165) is 5.56 Å². The van der Waals surface area contributed by atoms with Gasteiger partial charge in [0, 0.05) is 17.0 Å². The van der Waals surface area contributed by atoms with Gasteiger partial charge in [-0.2, -0.15) is 0 Å². The SMILES string of the molecule is COc1cc(O)ccc1C(C)(C)CC(=O)O. The third kappa shape index (κ3) is 2.66. The van der Waals surface area contributed by atoms with Crippen molar-refractivity contribution in [2.75, 3.05) is 7.11 Å². The molecule has 16 heavy (non-hydrogen) atoms. The molecule has 88 valence electrons. The zero-order chi connectivity index (χ0) is 12.3. The van der Waals surface area contributed by atoms with Crippen LogP contribution in [0, 0.1) is 0 Å². The van der Waals surface area contributed by atoms with Crippen molar-refractivity contribution in [3.63, 3.8) is 0 Å². The van der Waals surface area contributed by atoms with Crippen molar-refractivity contribution in [1.82, 2.24) is 0 Å². The van der Waals surface area contributed by atoms with Gasteiger partial charge < -0.3 is 14.9 Å². The molecule has 0 fully saturated rings. The molecule has 1 aromatic carbocycles. The highest BCUT2D eigenvalue weighted by atomic mass is 16.5. The van der Waals surface area contributed by atoms with Crippen molar-refractivity contribution in [3.05, 3.63) is 23.8 Å². The lowest BCUT2D eigenvalue weighted by molar-refractivity contribution is -0.138. The van der Waals surface area contributed by atoms with Crippen LogP contribution in [0.1, 0.15) is 25.8 Å². The van der Waals surface area contributed by atoms with Crippen LogP contribution >= 0.6 is 0 Å². The third-order valence-corrected chi connectivity index (χ3v) is 2.51. The summed E-state index contributed by atoms with van der Waals surface area (Å²) in [6.45, 7) is 3.66. The number of methoxy groups -OCH3 is 1. The molecule has 0 heterocycles. The predicted molar refractivity (Wildman–Crippen MR) is 59.9 cm³/mol. The van der Waals surface area contributed by atoms with E-state index in [1.165, 1.54) is 19.2 Å². The lowest BCUT2D eigenvalue weighted by Gasteiger charge is -2.25. The van der Waals surface area contributed by atoms with Crippen LogP contribution in [-0.4, -0.2) is 23.3 Å². The zero-order valence-electron chi connectivity index (χ0n) is 9.65. The van der Waals surface area contributed by atoms with E-state index in [1.54, 1.807) is 6.07 Å². The lowest BCUT2D eigenvalue weighted by Crippen LogP contribution is -2.22. The first-order valence-corrected chi connectivity index (χ1v) is 4.96. The summed E-state index contributed by atoms with van der Waals surface area (Å²) in [5.41, 5.74) is 0.237. The molecule has 0 saturated heterocycles. The Hall–Kier alpha value is -1.71. The first-order chi connectivity index (χ1) is 7.36. The molecular formula is C12H16O4. The van der Waals surface area contributed by atoms with Crippen LogP contribution in [-0.2, 0) is 10.2 Å². The molecule has 0 aliphatic heterocycles. The molecule has 0 atom stereocenters. The summed E-state index contributed by atoms with van der Waals surface area (Å²) >= 11 is 0. The molecule has 4 heteroatoms. The van der Waals surface area contributed by atoms with Gasteiger partial charge in [-0.25, -0.2) is 0 Å². The van der Waals surface area contributed by atoms with Crippen molar-refractivity contribution in [1.29, 1.82) is 0 Å². The Morgan fingerprint density at radius 1 is 1.44 bits per heavy atom. The summed E-state index contributed by atoms with van der Waals surface area (Å²) in [6.07, 6.45) is 0.00807. The van der Waals surface area contributed by atoms with Crippen molar-refractivity contribution in [3.8, 4) is 11.5 Å². The largest absolute Gasteiger partial charge is 0.508 e. The number of aliphatic carboxylic acids is 1. The topological polar surface area (TPSA) is 66.8 Å². The van der Waals surface area contributed by atoms with Crippen LogP contribution in [0.4, 0.5) is 0 Å². The average Bonchev–Trinajstić information content (AvgIpc) is 2.15. The van der Waals surface area contributed by atoms with E-state index in [9.17, 15) is 9.90 Å². The maximum Gasteiger partial charge on any atom is 0.304 e. The second-order valence-electron chi connectivity index (χ2n) is 4.34. The van der Waals surface area contributed by atoms with Gasteiger partial charge in [0.05, 0.1) is 13.5 Å². The summed E-state index contributed by atoms with van der Waals surface area (Å²) in [5, 5.41) is 18.2. The lowest BCUT2D eigenvalue weighted by atomic mass is 9.81. The van der Waals surface area contributed by atoms with Crippen molar-refractivity contribution < 1.29 is 19.7 Å². The van der Waals surface area contributed by atoms with Gasteiger partial charge in [0.15, 0.2) is 0 Å². The second kappa shape index (κ2) is 4.43. The molecule has 1 aromatic rings. The molecule has 2 N–H and O–H groups in total. The van der Waals surface area contributed by atoms with Gasteiger partial charge in [-0.1, -0.05) is 19.9 Å². The number of ether oxygens (including phenoxy) is 1. The van der Waals surface area contributed by atoms with Crippen LogP contribution in [0.3, 0.4) is 0 Å². The number of hydrogen-bond donors (Lipinski definition) is 2. The van der Waals surface area contributed by atoms with Crippen molar-refractivity contribution in [2.45, 2.75) is 25.7 Å². The molecule has 0 aliphatic carbocycles. The fraction of sp³-hybridized carbons (Fsp3) is 0.417. The van der Waals surface area contributed by atoms with Crippen LogP contribution in [0.25, 0.3) is 0 Å². The van der Waals surface area contributed by atoms with Crippen LogP contribution in [0.2, 0.25) is 0 Å². The number of phenols is 1. The van der Waals surface area contributed by atoms with Gasteiger partial charge >= 0.3 is 5.97 Å². The molecule has 0 unspecified atom stereocenters. The molecular weight excluding hydrogens is 208 g/mol. The number of phenolic OH excluding ortho intramolecular Hbond substituents is 1. The highest BCUT2D eigenvalue weighted by molar-refractivity contribution is 5.69. The minimum atomic E-state index is -0.861. The van der Waals surface area contributed by atoms with Gasteiger partial charge in [-0.3, -0.25) is 4.79 Å². The Balaban J connectivity index is 3.15. The van der Waals surface area contributed by atoms with E-state index in [-0.39, 0.29) is 12.2 Å². The summed E-state index contributed by atoms with van der Waals surface area (Å²) in [5.74, 6) is -0.252. The smallest absolute Gasteiger partial charge is 0.304 e. The molecule has 0 radical (unpaired) electrons. The van der Waals surface area contributed by atoms with Crippen LogP contribution in [0.15, 0.2) is 18.2 Å². The molecule has 0 spiro atoms. The molecule has 0 saturated carbocycles. The number of hydrogen-bond acceptors (Lipinski definition) is 3.